The Kier molecular flexibility index (Phi) is 9.54. The van der Waals surface area contributed by atoms with Crippen molar-refractivity contribution >= 4 is 0 Å². The van der Waals surface area contributed by atoms with E-state index < -0.39 is 112 Å². The molecule has 11 N–H and O–H groups in total. The van der Waals surface area contributed by atoms with Crippen LogP contribution in [0, 0.1) is 0 Å². The summed E-state index contributed by atoms with van der Waals surface area (Å²) in [5.74, 6) is 0. The van der Waals surface area contributed by atoms with Crippen LogP contribution in [0.2, 0.25) is 0 Å². The van der Waals surface area contributed by atoms with Gasteiger partial charge in [-0.15, -0.1) is 0 Å². The molecular formula is C18H32O16. The minimum Gasteiger partial charge on any atom is -0.394 e. The molecule has 3 fully saturated rings. The van der Waals surface area contributed by atoms with Gasteiger partial charge in [0.15, 0.2) is 18.9 Å². The highest BCUT2D eigenvalue weighted by Gasteiger charge is 2.52. The Morgan fingerprint density at radius 2 is 0.765 bits per heavy atom. The molecule has 3 aliphatic rings. The molecule has 3 rings (SSSR count). The summed E-state index contributed by atoms with van der Waals surface area (Å²) in [4.78, 5) is 0. The van der Waals surface area contributed by atoms with E-state index in [0.717, 1.165) is 0 Å². The molecule has 0 aromatic carbocycles. The second-order valence-electron chi connectivity index (χ2n) is 8.34. The summed E-state index contributed by atoms with van der Waals surface area (Å²) in [7, 11) is 0. The van der Waals surface area contributed by atoms with Gasteiger partial charge in [0.05, 0.1) is 19.8 Å². The molecule has 0 amide bonds. The lowest BCUT2D eigenvalue weighted by Crippen LogP contribution is -2.66. The van der Waals surface area contributed by atoms with Crippen molar-refractivity contribution in [3.63, 3.8) is 0 Å². The zero-order valence-electron chi connectivity index (χ0n) is 17.7. The Balaban J connectivity index is 1.69. The first-order valence-electron chi connectivity index (χ1n) is 10.6. The molecule has 0 bridgehead atoms. The van der Waals surface area contributed by atoms with Gasteiger partial charge in [-0.1, -0.05) is 0 Å². The summed E-state index contributed by atoms with van der Waals surface area (Å²) in [5, 5.41) is 109. The molecule has 3 heterocycles. The lowest BCUT2D eigenvalue weighted by Gasteiger charge is -2.47. The average molecular weight is 504 g/mol. The molecule has 200 valence electrons. The van der Waals surface area contributed by atoms with Crippen LogP contribution >= 0.6 is 0 Å². The van der Waals surface area contributed by atoms with Crippen LogP contribution in [-0.2, 0) is 23.7 Å². The molecular weight excluding hydrogens is 472 g/mol. The van der Waals surface area contributed by atoms with Gasteiger partial charge in [-0.3, -0.25) is 0 Å². The first kappa shape index (κ1) is 27.9. The van der Waals surface area contributed by atoms with Gasteiger partial charge in [0.25, 0.3) is 0 Å². The predicted molar refractivity (Wildman–Crippen MR) is 101 cm³/mol. The summed E-state index contributed by atoms with van der Waals surface area (Å²) < 4.78 is 26.5. The molecule has 0 spiro atoms. The van der Waals surface area contributed by atoms with Crippen LogP contribution in [0.3, 0.4) is 0 Å². The van der Waals surface area contributed by atoms with E-state index in [2.05, 4.69) is 0 Å². The van der Waals surface area contributed by atoms with Gasteiger partial charge in [-0.2, -0.15) is 0 Å². The van der Waals surface area contributed by atoms with Crippen molar-refractivity contribution in [1.82, 2.24) is 0 Å². The third-order valence-electron chi connectivity index (χ3n) is 6.08. The number of aliphatic hydroxyl groups excluding tert-OH is 11. The van der Waals surface area contributed by atoms with Crippen LogP contribution < -0.4 is 0 Å². The Bertz CT molecular complexity index is 635. The van der Waals surface area contributed by atoms with Crippen molar-refractivity contribution in [3.8, 4) is 0 Å². The smallest absolute Gasteiger partial charge is 0.189 e. The first-order valence-corrected chi connectivity index (χ1v) is 10.6. The first-order chi connectivity index (χ1) is 16.0. The van der Waals surface area contributed by atoms with Crippen LogP contribution in [0.25, 0.3) is 0 Å². The highest BCUT2D eigenvalue weighted by atomic mass is 16.8. The maximum Gasteiger partial charge on any atom is 0.189 e. The van der Waals surface area contributed by atoms with E-state index in [0.29, 0.717) is 0 Å². The molecule has 34 heavy (non-hydrogen) atoms. The Morgan fingerprint density at radius 3 is 1.18 bits per heavy atom. The van der Waals surface area contributed by atoms with Crippen LogP contribution in [-0.4, -0.2) is 168 Å². The van der Waals surface area contributed by atoms with Gasteiger partial charge >= 0.3 is 0 Å². The zero-order chi connectivity index (χ0) is 25.3. The number of hydrogen-bond acceptors (Lipinski definition) is 16. The van der Waals surface area contributed by atoms with Crippen LogP contribution in [0.5, 0.6) is 0 Å². The van der Waals surface area contributed by atoms with Crippen LogP contribution in [0.4, 0.5) is 0 Å². The molecule has 2 unspecified atom stereocenters. The normalized spacial score (nSPS) is 52.5. The molecule has 3 aliphatic heterocycles. The highest BCUT2D eigenvalue weighted by Crippen LogP contribution is 2.31. The van der Waals surface area contributed by atoms with Crippen LogP contribution in [0.15, 0.2) is 0 Å². The number of aliphatic hydroxyl groups is 11. The molecule has 0 saturated carbocycles. The van der Waals surface area contributed by atoms with Crippen molar-refractivity contribution in [2.75, 3.05) is 19.8 Å². The lowest BCUT2D eigenvalue weighted by atomic mass is 9.96. The summed E-state index contributed by atoms with van der Waals surface area (Å²) >= 11 is 0. The second kappa shape index (κ2) is 11.6. The monoisotopic (exact) mass is 504 g/mol. The van der Waals surface area contributed by atoms with E-state index >= 15 is 0 Å². The van der Waals surface area contributed by atoms with E-state index in [9.17, 15) is 56.2 Å². The SMILES string of the molecule is OC[C@H]1O[C@H](OC2O[C@H](CO)[C@@H](O)[C@H](O)[C@H]2O)[C@H](O)[C@@H](O)C1O[C@H]1O[C@H](CO)[C@@H](O)[C@H](O)[C@H]1O. The number of ether oxygens (including phenoxy) is 5. The zero-order valence-corrected chi connectivity index (χ0v) is 17.7. The maximum atomic E-state index is 10.6. The molecule has 0 aromatic rings. The summed E-state index contributed by atoms with van der Waals surface area (Å²) in [6, 6.07) is 0. The fraction of sp³-hybridized carbons (Fsp3) is 1.00. The van der Waals surface area contributed by atoms with Gasteiger partial charge < -0.3 is 79.9 Å². The fourth-order valence-electron chi connectivity index (χ4n) is 3.98. The van der Waals surface area contributed by atoms with Crippen molar-refractivity contribution in [2.45, 2.75) is 92.1 Å². The van der Waals surface area contributed by atoms with Gasteiger partial charge in [-0.05, 0) is 0 Å². The molecule has 16 heteroatoms. The lowest BCUT2D eigenvalue weighted by molar-refractivity contribution is -0.391. The van der Waals surface area contributed by atoms with Crippen molar-refractivity contribution in [1.29, 1.82) is 0 Å². The van der Waals surface area contributed by atoms with Gasteiger partial charge in [0.2, 0.25) is 0 Å². The third kappa shape index (κ3) is 5.37. The van der Waals surface area contributed by atoms with Crippen molar-refractivity contribution in [3.05, 3.63) is 0 Å². The van der Waals surface area contributed by atoms with E-state index in [4.69, 9.17) is 23.7 Å². The van der Waals surface area contributed by atoms with E-state index in [1.54, 1.807) is 0 Å². The Labute approximate surface area is 192 Å². The van der Waals surface area contributed by atoms with Gasteiger partial charge in [0, 0.05) is 0 Å². The molecule has 15 atom stereocenters. The second-order valence-corrected chi connectivity index (χ2v) is 8.34. The molecule has 0 radical (unpaired) electrons. The predicted octanol–water partition coefficient (Wildman–Crippen LogP) is -7.57. The highest BCUT2D eigenvalue weighted by molar-refractivity contribution is 4.95. The average Bonchev–Trinajstić information content (AvgIpc) is 2.83. The third-order valence-corrected chi connectivity index (χ3v) is 6.08. The van der Waals surface area contributed by atoms with Crippen LogP contribution in [0.1, 0.15) is 0 Å². The minimum atomic E-state index is -1.91. The van der Waals surface area contributed by atoms with E-state index in [1.807, 2.05) is 0 Å². The summed E-state index contributed by atoms with van der Waals surface area (Å²) in [5.41, 5.74) is 0. The minimum absolute atomic E-state index is 0.740. The maximum absolute atomic E-state index is 10.6. The number of rotatable bonds is 7. The topological polar surface area (TPSA) is 269 Å². The number of hydrogen-bond donors (Lipinski definition) is 11. The Morgan fingerprint density at radius 1 is 0.412 bits per heavy atom. The van der Waals surface area contributed by atoms with E-state index in [-0.39, 0.29) is 0 Å². The standard InChI is InChI=1S/C18H32O16/c19-1-4-7(22)9(24)12(27)16(30-4)33-15-6(3-21)32-18(14(29)11(15)26)34-17-13(28)10(25)8(23)5(2-20)31-17/h4-29H,1-3H2/t4-,5-,6-,7-,8-,9+,10+,11-,12-,13-,14-,15?,16-,17?,18-/m1/s1. The Hall–Kier alpha value is -0.640. The van der Waals surface area contributed by atoms with Crippen molar-refractivity contribution in [2.24, 2.45) is 0 Å². The van der Waals surface area contributed by atoms with E-state index in [1.165, 1.54) is 0 Å². The largest absolute Gasteiger partial charge is 0.394 e. The molecule has 0 aliphatic carbocycles. The molecule has 16 nitrogen and oxygen atoms in total. The summed E-state index contributed by atoms with van der Waals surface area (Å²) in [6.45, 7) is -2.30. The quantitative estimate of drug-likeness (QED) is 0.154. The molecule has 3 saturated heterocycles. The molecule has 0 aromatic heterocycles. The van der Waals surface area contributed by atoms with Gasteiger partial charge in [0.1, 0.15) is 73.2 Å². The van der Waals surface area contributed by atoms with Crippen molar-refractivity contribution < 1.29 is 79.9 Å². The van der Waals surface area contributed by atoms with Gasteiger partial charge in [-0.25, -0.2) is 0 Å². The fourth-order valence-corrected chi connectivity index (χ4v) is 3.98. The summed E-state index contributed by atoms with van der Waals surface area (Å²) in [6.07, 6.45) is -25.1.